The molecular weight excluding hydrogens is 357 g/mol. The molecule has 28 heavy (non-hydrogen) atoms. The van der Waals surface area contributed by atoms with Gasteiger partial charge in [0.1, 0.15) is 5.82 Å². The monoisotopic (exact) mass is 383 g/mol. The maximum Gasteiger partial charge on any atom is 0.317 e. The van der Waals surface area contributed by atoms with Gasteiger partial charge in [-0.25, -0.2) is 9.18 Å². The van der Waals surface area contributed by atoms with E-state index in [9.17, 15) is 14.0 Å². The lowest BCUT2D eigenvalue weighted by Gasteiger charge is -2.32. The molecule has 6 heteroatoms. The van der Waals surface area contributed by atoms with Crippen LogP contribution < -0.4 is 10.6 Å². The van der Waals surface area contributed by atoms with Crippen LogP contribution in [0.5, 0.6) is 0 Å². The van der Waals surface area contributed by atoms with Crippen LogP contribution in [0.4, 0.5) is 14.9 Å². The molecule has 1 aliphatic heterocycles. The third kappa shape index (κ3) is 5.31. The van der Waals surface area contributed by atoms with Gasteiger partial charge in [0.2, 0.25) is 0 Å². The third-order valence-corrected chi connectivity index (χ3v) is 5.05. The van der Waals surface area contributed by atoms with E-state index in [1.54, 1.807) is 24.3 Å². The van der Waals surface area contributed by atoms with Gasteiger partial charge in [-0.3, -0.25) is 4.79 Å². The lowest BCUT2D eigenvalue weighted by atomic mass is 9.90. The highest BCUT2D eigenvalue weighted by molar-refractivity contribution is 6.04. The van der Waals surface area contributed by atoms with E-state index in [-0.39, 0.29) is 17.8 Å². The van der Waals surface area contributed by atoms with Crippen molar-refractivity contribution in [3.05, 3.63) is 65.5 Å². The van der Waals surface area contributed by atoms with Crippen LogP contribution in [-0.2, 0) is 6.42 Å². The van der Waals surface area contributed by atoms with Crippen molar-refractivity contribution in [3.8, 4) is 0 Å². The van der Waals surface area contributed by atoms with Crippen LogP contribution in [-0.4, -0.2) is 36.5 Å². The lowest BCUT2D eigenvalue weighted by Crippen LogP contribution is -2.44. The minimum absolute atomic E-state index is 0.0228. The summed E-state index contributed by atoms with van der Waals surface area (Å²) >= 11 is 0. The molecule has 1 heterocycles. The summed E-state index contributed by atoms with van der Waals surface area (Å²) in [7, 11) is 0. The number of anilines is 1. The molecule has 2 aromatic carbocycles. The van der Waals surface area contributed by atoms with Crippen molar-refractivity contribution in [1.29, 1.82) is 0 Å². The molecule has 1 fully saturated rings. The van der Waals surface area contributed by atoms with Gasteiger partial charge in [-0.15, -0.1) is 0 Å². The van der Waals surface area contributed by atoms with Crippen molar-refractivity contribution < 1.29 is 14.0 Å². The molecule has 0 spiro atoms. The normalized spacial score (nSPS) is 14.6. The van der Waals surface area contributed by atoms with Crippen LogP contribution in [0, 0.1) is 11.7 Å². The molecule has 1 aliphatic rings. The van der Waals surface area contributed by atoms with Crippen molar-refractivity contribution in [2.24, 2.45) is 5.92 Å². The molecule has 0 unspecified atom stereocenters. The largest absolute Gasteiger partial charge is 0.338 e. The maximum atomic E-state index is 13.2. The zero-order valence-corrected chi connectivity index (χ0v) is 16.1. The number of piperidine rings is 1. The second kappa shape index (κ2) is 9.35. The van der Waals surface area contributed by atoms with Gasteiger partial charge >= 0.3 is 6.03 Å². The predicted octanol–water partition coefficient (Wildman–Crippen LogP) is 4.06. The highest BCUT2D eigenvalue weighted by Gasteiger charge is 2.22. The number of nitrogens with one attached hydrogen (secondary N) is 2. The highest BCUT2D eigenvalue weighted by Crippen LogP contribution is 2.22. The first kappa shape index (κ1) is 19.9. The standard InChI is InChI=1S/C22H26FN3O2/c1-2-24-22(28)26-12-10-17(11-13-26)14-16-6-8-18(9-7-16)21(27)25-20-5-3-4-19(23)15-20/h3-9,15,17H,2,10-14H2,1H3,(H,24,28)(H,25,27). The third-order valence-electron chi connectivity index (χ3n) is 5.05. The molecule has 3 rings (SSSR count). The maximum absolute atomic E-state index is 13.2. The molecule has 0 aliphatic carbocycles. The van der Waals surface area contributed by atoms with E-state index >= 15 is 0 Å². The minimum Gasteiger partial charge on any atom is -0.338 e. The average molecular weight is 383 g/mol. The summed E-state index contributed by atoms with van der Waals surface area (Å²) in [5, 5.41) is 5.55. The van der Waals surface area contributed by atoms with Gasteiger partial charge in [-0.05, 0) is 68.0 Å². The summed E-state index contributed by atoms with van der Waals surface area (Å²) in [6, 6.07) is 13.4. The van der Waals surface area contributed by atoms with Crippen LogP contribution in [0.25, 0.3) is 0 Å². The Bertz CT molecular complexity index is 815. The number of rotatable bonds is 5. The Labute approximate surface area is 164 Å². The smallest absolute Gasteiger partial charge is 0.317 e. The number of hydrogen-bond donors (Lipinski definition) is 2. The summed E-state index contributed by atoms with van der Waals surface area (Å²) in [4.78, 5) is 26.0. The van der Waals surface area contributed by atoms with E-state index in [1.807, 2.05) is 24.0 Å². The number of carbonyl (C=O) groups is 2. The van der Waals surface area contributed by atoms with Gasteiger partial charge < -0.3 is 15.5 Å². The zero-order chi connectivity index (χ0) is 19.9. The molecule has 5 nitrogen and oxygen atoms in total. The number of hydrogen-bond acceptors (Lipinski definition) is 2. The molecule has 148 valence electrons. The fraction of sp³-hybridized carbons (Fsp3) is 0.364. The SMILES string of the molecule is CCNC(=O)N1CCC(Cc2ccc(C(=O)Nc3cccc(F)c3)cc2)CC1. The molecular formula is C22H26FN3O2. The van der Waals surface area contributed by atoms with E-state index in [2.05, 4.69) is 10.6 Å². The number of likely N-dealkylation sites (tertiary alicyclic amines) is 1. The van der Waals surface area contributed by atoms with Crippen molar-refractivity contribution >= 4 is 17.6 Å². The molecule has 3 amide bonds. The first-order valence-corrected chi connectivity index (χ1v) is 9.73. The minimum atomic E-state index is -0.383. The Morgan fingerprint density at radius 3 is 2.46 bits per heavy atom. The highest BCUT2D eigenvalue weighted by atomic mass is 19.1. The van der Waals surface area contributed by atoms with Gasteiger partial charge in [0, 0.05) is 30.9 Å². The fourth-order valence-corrected chi connectivity index (χ4v) is 3.50. The predicted molar refractivity (Wildman–Crippen MR) is 108 cm³/mol. The molecule has 0 aromatic heterocycles. The number of nitrogens with zero attached hydrogens (tertiary/aromatic N) is 1. The number of urea groups is 1. The van der Waals surface area contributed by atoms with Crippen LogP contribution in [0.15, 0.2) is 48.5 Å². The van der Waals surface area contributed by atoms with E-state index in [0.29, 0.717) is 23.7 Å². The van der Waals surface area contributed by atoms with Crippen LogP contribution in [0.1, 0.15) is 35.7 Å². The van der Waals surface area contributed by atoms with Gasteiger partial charge in [0.25, 0.3) is 5.91 Å². The van der Waals surface area contributed by atoms with E-state index in [4.69, 9.17) is 0 Å². The molecule has 0 bridgehead atoms. The van der Waals surface area contributed by atoms with Crippen LogP contribution >= 0.6 is 0 Å². The topological polar surface area (TPSA) is 61.4 Å². The van der Waals surface area contributed by atoms with Crippen LogP contribution in [0.2, 0.25) is 0 Å². The van der Waals surface area contributed by atoms with Crippen molar-refractivity contribution in [3.63, 3.8) is 0 Å². The van der Waals surface area contributed by atoms with Crippen molar-refractivity contribution in [2.75, 3.05) is 25.0 Å². The summed E-state index contributed by atoms with van der Waals surface area (Å²) < 4.78 is 13.2. The van der Waals surface area contributed by atoms with Gasteiger partial charge in [0.15, 0.2) is 0 Å². The van der Waals surface area contributed by atoms with Crippen molar-refractivity contribution in [2.45, 2.75) is 26.2 Å². The molecule has 2 N–H and O–H groups in total. The fourth-order valence-electron chi connectivity index (χ4n) is 3.50. The van der Waals surface area contributed by atoms with Crippen LogP contribution in [0.3, 0.4) is 0 Å². The summed E-state index contributed by atoms with van der Waals surface area (Å²) in [5.41, 5.74) is 2.16. The average Bonchev–Trinajstić information content (AvgIpc) is 2.69. The Balaban J connectivity index is 1.51. The summed E-state index contributed by atoms with van der Waals surface area (Å²) in [6.07, 6.45) is 2.91. The molecule has 0 radical (unpaired) electrons. The molecule has 0 saturated carbocycles. The Kier molecular flexibility index (Phi) is 6.63. The Morgan fingerprint density at radius 1 is 1.11 bits per heavy atom. The molecule has 2 aromatic rings. The second-order valence-corrected chi connectivity index (χ2v) is 7.13. The van der Waals surface area contributed by atoms with E-state index in [1.165, 1.54) is 17.7 Å². The van der Waals surface area contributed by atoms with Gasteiger partial charge in [-0.1, -0.05) is 18.2 Å². The summed E-state index contributed by atoms with van der Waals surface area (Å²) in [5.74, 6) is -0.101. The quantitative estimate of drug-likeness (QED) is 0.818. The summed E-state index contributed by atoms with van der Waals surface area (Å²) in [6.45, 7) is 4.14. The molecule has 1 saturated heterocycles. The number of amides is 3. The first-order valence-electron chi connectivity index (χ1n) is 9.73. The zero-order valence-electron chi connectivity index (χ0n) is 16.1. The number of carbonyl (C=O) groups excluding carboxylic acids is 2. The first-order chi connectivity index (χ1) is 13.5. The van der Waals surface area contributed by atoms with Gasteiger partial charge in [0.05, 0.1) is 0 Å². The van der Waals surface area contributed by atoms with Gasteiger partial charge in [-0.2, -0.15) is 0 Å². The lowest BCUT2D eigenvalue weighted by molar-refractivity contribution is 0.102. The van der Waals surface area contributed by atoms with Crippen molar-refractivity contribution in [1.82, 2.24) is 10.2 Å². The molecule has 0 atom stereocenters. The number of halogens is 1. The van der Waals surface area contributed by atoms with E-state index < -0.39 is 0 Å². The van der Waals surface area contributed by atoms with E-state index in [0.717, 1.165) is 32.4 Å². The Hall–Kier alpha value is -2.89. The Morgan fingerprint density at radius 2 is 1.82 bits per heavy atom. The second-order valence-electron chi connectivity index (χ2n) is 7.13. The number of benzene rings is 2.